The van der Waals surface area contributed by atoms with Gasteiger partial charge >= 0.3 is 0 Å². The van der Waals surface area contributed by atoms with Gasteiger partial charge in [-0.05, 0) is 49.9 Å². The molecule has 2 aromatic rings. The number of ether oxygens (including phenoxy) is 1. The number of hydrogen-bond acceptors (Lipinski definition) is 4. The molecular formula is C20H26N4O2. The van der Waals surface area contributed by atoms with Gasteiger partial charge in [-0.15, -0.1) is 0 Å². The molecular weight excluding hydrogens is 328 g/mol. The number of aromatic nitrogens is 3. The Bertz CT molecular complexity index is 765. The average molecular weight is 354 g/mol. The minimum Gasteiger partial charge on any atom is -0.497 e. The Morgan fingerprint density at radius 1 is 1.15 bits per heavy atom. The SMILES string of the molecule is COc1ccc(-n2nc(C3CC3)nc2CCN2CCCCCC2=O)cc1. The van der Waals surface area contributed by atoms with Gasteiger partial charge in [0, 0.05) is 31.8 Å². The summed E-state index contributed by atoms with van der Waals surface area (Å²) in [6.45, 7) is 1.59. The molecule has 2 aliphatic rings. The smallest absolute Gasteiger partial charge is 0.222 e. The lowest BCUT2D eigenvalue weighted by molar-refractivity contribution is -0.130. The van der Waals surface area contributed by atoms with Gasteiger partial charge in [-0.3, -0.25) is 4.79 Å². The van der Waals surface area contributed by atoms with E-state index in [-0.39, 0.29) is 5.91 Å². The molecule has 6 heteroatoms. The standard InChI is InChI=1S/C20H26N4O2/c1-26-17-10-8-16(9-11-17)24-18(21-20(22-24)15-6-7-15)12-14-23-13-4-2-3-5-19(23)25/h8-11,15H,2-7,12-14H2,1H3. The average Bonchev–Trinajstić information content (AvgIpc) is 3.46. The molecule has 138 valence electrons. The lowest BCUT2D eigenvalue weighted by Gasteiger charge is -2.20. The maximum Gasteiger partial charge on any atom is 0.222 e. The van der Waals surface area contributed by atoms with E-state index in [0.717, 1.165) is 61.9 Å². The van der Waals surface area contributed by atoms with Crippen molar-refractivity contribution in [3.8, 4) is 11.4 Å². The monoisotopic (exact) mass is 354 g/mol. The summed E-state index contributed by atoms with van der Waals surface area (Å²) in [5.41, 5.74) is 0.988. The number of carbonyl (C=O) groups is 1. The summed E-state index contributed by atoms with van der Waals surface area (Å²) in [4.78, 5) is 19.1. The first kappa shape index (κ1) is 17.1. The molecule has 4 rings (SSSR count). The molecule has 0 N–H and O–H groups in total. The second-order valence-electron chi connectivity index (χ2n) is 7.21. The molecule has 1 aliphatic carbocycles. The number of amides is 1. The predicted octanol–water partition coefficient (Wildman–Crippen LogP) is 3.10. The number of carbonyl (C=O) groups excluding carboxylic acids is 1. The van der Waals surface area contributed by atoms with Crippen LogP contribution in [0, 0.1) is 0 Å². The Labute approximate surface area is 154 Å². The van der Waals surface area contributed by atoms with E-state index in [1.54, 1.807) is 7.11 Å². The van der Waals surface area contributed by atoms with Gasteiger partial charge in [0.05, 0.1) is 12.8 Å². The first-order valence-electron chi connectivity index (χ1n) is 9.62. The van der Waals surface area contributed by atoms with Crippen LogP contribution in [-0.2, 0) is 11.2 Å². The molecule has 0 unspecified atom stereocenters. The van der Waals surface area contributed by atoms with Gasteiger partial charge in [0.15, 0.2) is 5.82 Å². The van der Waals surface area contributed by atoms with E-state index in [4.69, 9.17) is 14.8 Å². The van der Waals surface area contributed by atoms with Gasteiger partial charge in [0.2, 0.25) is 5.91 Å². The van der Waals surface area contributed by atoms with E-state index in [1.807, 2.05) is 33.8 Å². The Morgan fingerprint density at radius 3 is 2.69 bits per heavy atom. The fourth-order valence-corrected chi connectivity index (χ4v) is 3.48. The van der Waals surface area contributed by atoms with Crippen molar-refractivity contribution in [2.75, 3.05) is 20.2 Å². The fourth-order valence-electron chi connectivity index (χ4n) is 3.48. The van der Waals surface area contributed by atoms with Gasteiger partial charge in [0.1, 0.15) is 11.6 Å². The van der Waals surface area contributed by atoms with E-state index in [9.17, 15) is 4.79 Å². The van der Waals surface area contributed by atoms with E-state index >= 15 is 0 Å². The van der Waals surface area contributed by atoms with Crippen LogP contribution < -0.4 is 4.74 Å². The fraction of sp³-hybridized carbons (Fsp3) is 0.550. The van der Waals surface area contributed by atoms with Crippen LogP contribution in [-0.4, -0.2) is 45.8 Å². The second-order valence-corrected chi connectivity index (χ2v) is 7.21. The zero-order chi connectivity index (χ0) is 17.9. The van der Waals surface area contributed by atoms with E-state index in [2.05, 4.69) is 0 Å². The molecule has 6 nitrogen and oxygen atoms in total. The number of hydrogen-bond donors (Lipinski definition) is 0. The van der Waals surface area contributed by atoms with Crippen LogP contribution in [0.2, 0.25) is 0 Å². The maximum atomic E-state index is 12.3. The highest BCUT2D eigenvalue weighted by Gasteiger charge is 2.29. The predicted molar refractivity (Wildman–Crippen MR) is 98.6 cm³/mol. The molecule has 0 radical (unpaired) electrons. The van der Waals surface area contributed by atoms with Crippen molar-refractivity contribution in [3.63, 3.8) is 0 Å². The van der Waals surface area contributed by atoms with Crippen LogP contribution in [0.3, 0.4) is 0 Å². The molecule has 0 spiro atoms. The zero-order valence-corrected chi connectivity index (χ0v) is 15.4. The topological polar surface area (TPSA) is 60.2 Å². The first-order chi connectivity index (χ1) is 12.7. The Kier molecular flexibility index (Phi) is 4.91. The third-order valence-electron chi connectivity index (χ3n) is 5.23. The molecule has 2 heterocycles. The number of nitrogens with zero attached hydrogens (tertiary/aromatic N) is 4. The second kappa shape index (κ2) is 7.48. The molecule has 1 saturated carbocycles. The van der Waals surface area contributed by atoms with Gasteiger partial charge < -0.3 is 9.64 Å². The van der Waals surface area contributed by atoms with E-state index in [0.29, 0.717) is 12.3 Å². The molecule has 0 atom stereocenters. The summed E-state index contributed by atoms with van der Waals surface area (Å²) in [6.07, 6.45) is 7.03. The molecule has 0 bridgehead atoms. The molecule has 1 saturated heterocycles. The highest BCUT2D eigenvalue weighted by molar-refractivity contribution is 5.76. The van der Waals surface area contributed by atoms with Crippen LogP contribution in [0.25, 0.3) is 5.69 Å². The van der Waals surface area contributed by atoms with Gasteiger partial charge in [0.25, 0.3) is 0 Å². The minimum absolute atomic E-state index is 0.278. The van der Waals surface area contributed by atoms with Crippen LogP contribution in [0.4, 0.5) is 0 Å². The largest absolute Gasteiger partial charge is 0.497 e. The van der Waals surface area contributed by atoms with Crippen molar-refractivity contribution in [1.29, 1.82) is 0 Å². The van der Waals surface area contributed by atoms with Crippen LogP contribution in [0.15, 0.2) is 24.3 Å². The number of rotatable bonds is 6. The number of likely N-dealkylation sites (tertiary alicyclic amines) is 1. The van der Waals surface area contributed by atoms with Crippen molar-refractivity contribution >= 4 is 5.91 Å². The molecule has 1 amide bonds. The lowest BCUT2D eigenvalue weighted by atomic mass is 10.2. The van der Waals surface area contributed by atoms with Gasteiger partial charge in [-0.1, -0.05) is 6.42 Å². The van der Waals surface area contributed by atoms with E-state index < -0.39 is 0 Å². The molecule has 26 heavy (non-hydrogen) atoms. The summed E-state index contributed by atoms with van der Waals surface area (Å²) in [7, 11) is 1.67. The zero-order valence-electron chi connectivity index (χ0n) is 15.4. The Morgan fingerprint density at radius 2 is 1.96 bits per heavy atom. The summed E-state index contributed by atoms with van der Waals surface area (Å²) in [6, 6.07) is 7.89. The van der Waals surface area contributed by atoms with Crippen molar-refractivity contribution in [2.45, 2.75) is 50.9 Å². The molecule has 2 fully saturated rings. The van der Waals surface area contributed by atoms with Crippen molar-refractivity contribution in [3.05, 3.63) is 35.9 Å². The Balaban J connectivity index is 1.54. The van der Waals surface area contributed by atoms with Crippen LogP contribution in [0.1, 0.15) is 56.1 Å². The normalized spacial score (nSPS) is 18.0. The van der Waals surface area contributed by atoms with Crippen molar-refractivity contribution in [2.24, 2.45) is 0 Å². The van der Waals surface area contributed by atoms with Crippen LogP contribution in [0.5, 0.6) is 5.75 Å². The highest BCUT2D eigenvalue weighted by Crippen LogP contribution is 2.38. The van der Waals surface area contributed by atoms with Crippen LogP contribution >= 0.6 is 0 Å². The Hall–Kier alpha value is -2.37. The molecule has 1 aromatic carbocycles. The number of benzene rings is 1. The number of methoxy groups -OCH3 is 1. The molecule has 1 aromatic heterocycles. The molecule has 1 aliphatic heterocycles. The third-order valence-corrected chi connectivity index (χ3v) is 5.23. The quantitative estimate of drug-likeness (QED) is 0.800. The summed E-state index contributed by atoms with van der Waals surface area (Å²) in [5.74, 6) is 3.49. The summed E-state index contributed by atoms with van der Waals surface area (Å²) in [5, 5.41) is 4.76. The summed E-state index contributed by atoms with van der Waals surface area (Å²) < 4.78 is 7.19. The van der Waals surface area contributed by atoms with Gasteiger partial charge in [-0.2, -0.15) is 5.10 Å². The van der Waals surface area contributed by atoms with Gasteiger partial charge in [-0.25, -0.2) is 9.67 Å². The maximum absolute atomic E-state index is 12.3. The minimum atomic E-state index is 0.278. The first-order valence-corrected chi connectivity index (χ1v) is 9.62. The lowest BCUT2D eigenvalue weighted by Crippen LogP contribution is -2.32. The van der Waals surface area contributed by atoms with E-state index in [1.165, 1.54) is 12.8 Å². The van der Waals surface area contributed by atoms with Crippen molar-refractivity contribution < 1.29 is 9.53 Å². The van der Waals surface area contributed by atoms with Crippen molar-refractivity contribution in [1.82, 2.24) is 19.7 Å². The highest BCUT2D eigenvalue weighted by atomic mass is 16.5. The summed E-state index contributed by atoms with van der Waals surface area (Å²) >= 11 is 0. The third kappa shape index (κ3) is 3.74.